The molecule has 0 aliphatic rings. The summed E-state index contributed by atoms with van der Waals surface area (Å²) in [6.45, 7) is 2.68. The maximum Gasteiger partial charge on any atom is 0.272 e. The molecule has 3 aromatic rings. The molecule has 0 radical (unpaired) electrons. The van der Waals surface area contributed by atoms with E-state index in [0.717, 1.165) is 29.8 Å². The molecular formula is C22H22N4O2. The van der Waals surface area contributed by atoms with Crippen LogP contribution in [0.1, 0.15) is 34.1 Å². The number of rotatable bonds is 8. The number of ether oxygens (including phenoxy) is 1. The van der Waals surface area contributed by atoms with E-state index in [2.05, 4.69) is 33.5 Å². The lowest BCUT2D eigenvalue weighted by molar-refractivity contribution is 0.0955. The largest absolute Gasteiger partial charge is 0.493 e. The number of hydrogen-bond acceptors (Lipinski definition) is 5. The molecule has 1 N–H and O–H groups in total. The lowest BCUT2D eigenvalue weighted by Crippen LogP contribution is -2.17. The number of benzene rings is 1. The van der Waals surface area contributed by atoms with Crippen molar-refractivity contribution >= 4 is 12.1 Å². The zero-order chi connectivity index (χ0) is 19.6. The van der Waals surface area contributed by atoms with Gasteiger partial charge in [-0.05, 0) is 60.0 Å². The maximum absolute atomic E-state index is 11.9. The van der Waals surface area contributed by atoms with Gasteiger partial charge in [0.15, 0.2) is 0 Å². The van der Waals surface area contributed by atoms with E-state index in [1.807, 2.05) is 36.5 Å². The first-order valence-electron chi connectivity index (χ1n) is 9.14. The van der Waals surface area contributed by atoms with E-state index in [9.17, 15) is 4.79 Å². The predicted octanol–water partition coefficient (Wildman–Crippen LogP) is 3.42. The number of nitrogens with zero attached hydrogens (tertiary/aromatic N) is 3. The second kappa shape index (κ2) is 9.97. The first kappa shape index (κ1) is 19.2. The highest BCUT2D eigenvalue weighted by molar-refractivity contribution is 5.94. The fourth-order valence-corrected chi connectivity index (χ4v) is 2.46. The average Bonchev–Trinajstić information content (AvgIpc) is 2.76. The third kappa shape index (κ3) is 5.74. The fourth-order valence-electron chi connectivity index (χ4n) is 2.46. The summed E-state index contributed by atoms with van der Waals surface area (Å²) in [6.07, 6.45) is 8.35. The van der Waals surface area contributed by atoms with Gasteiger partial charge in [-0.15, -0.1) is 0 Å². The summed E-state index contributed by atoms with van der Waals surface area (Å²) in [5.41, 5.74) is 6.05. The molecule has 28 heavy (non-hydrogen) atoms. The minimum atomic E-state index is -0.301. The van der Waals surface area contributed by atoms with Crippen molar-refractivity contribution < 1.29 is 9.53 Å². The van der Waals surface area contributed by atoms with Gasteiger partial charge in [0.05, 0.1) is 18.4 Å². The monoisotopic (exact) mass is 374 g/mol. The lowest BCUT2D eigenvalue weighted by atomic mass is 10.2. The summed E-state index contributed by atoms with van der Waals surface area (Å²) in [7, 11) is 0. The molecule has 0 bridgehead atoms. The van der Waals surface area contributed by atoms with Crippen molar-refractivity contribution in [3.63, 3.8) is 0 Å². The fraction of sp³-hybridized carbons (Fsp3) is 0.182. The molecule has 0 saturated carbocycles. The standard InChI is InChI=1S/C22H22N4O2/c1-2-17-5-8-20(24-14-17)11-13-28-21-9-6-18(7-10-21)15-25-26-22(27)19-4-3-12-23-16-19/h3-10,12,14-16H,2,11,13H2,1H3,(H,26,27)/b25-15+. The second-order valence-electron chi connectivity index (χ2n) is 6.12. The van der Waals surface area contributed by atoms with Gasteiger partial charge >= 0.3 is 0 Å². The van der Waals surface area contributed by atoms with Crippen LogP contribution in [-0.4, -0.2) is 28.7 Å². The summed E-state index contributed by atoms with van der Waals surface area (Å²) in [6, 6.07) is 15.0. The Morgan fingerprint density at radius 2 is 2.00 bits per heavy atom. The summed E-state index contributed by atoms with van der Waals surface area (Å²) in [4.78, 5) is 20.2. The zero-order valence-electron chi connectivity index (χ0n) is 15.7. The Kier molecular flexibility index (Phi) is 6.84. The molecule has 1 aromatic carbocycles. The van der Waals surface area contributed by atoms with Crippen LogP contribution in [0.2, 0.25) is 0 Å². The third-order valence-electron chi connectivity index (χ3n) is 4.10. The van der Waals surface area contributed by atoms with Crippen LogP contribution < -0.4 is 10.2 Å². The predicted molar refractivity (Wildman–Crippen MR) is 109 cm³/mol. The van der Waals surface area contributed by atoms with Crippen molar-refractivity contribution in [2.75, 3.05) is 6.61 Å². The van der Waals surface area contributed by atoms with Crippen LogP contribution >= 0.6 is 0 Å². The molecular weight excluding hydrogens is 352 g/mol. The Morgan fingerprint density at radius 3 is 2.68 bits per heavy atom. The lowest BCUT2D eigenvalue weighted by Gasteiger charge is -2.06. The second-order valence-corrected chi connectivity index (χ2v) is 6.12. The number of pyridine rings is 2. The quantitative estimate of drug-likeness (QED) is 0.484. The smallest absolute Gasteiger partial charge is 0.272 e. The van der Waals surface area contributed by atoms with Gasteiger partial charge in [-0.1, -0.05) is 13.0 Å². The van der Waals surface area contributed by atoms with Crippen LogP contribution in [0.15, 0.2) is 72.2 Å². The normalized spacial score (nSPS) is 10.8. The summed E-state index contributed by atoms with van der Waals surface area (Å²) < 4.78 is 5.76. The van der Waals surface area contributed by atoms with E-state index in [0.29, 0.717) is 12.2 Å². The SMILES string of the molecule is CCc1ccc(CCOc2ccc(/C=N/NC(=O)c3cccnc3)cc2)nc1. The molecule has 0 fully saturated rings. The van der Waals surface area contributed by atoms with E-state index in [1.165, 1.54) is 11.8 Å². The van der Waals surface area contributed by atoms with Crippen molar-refractivity contribution in [1.29, 1.82) is 0 Å². The molecule has 142 valence electrons. The van der Waals surface area contributed by atoms with Gasteiger partial charge in [-0.2, -0.15) is 5.10 Å². The average molecular weight is 374 g/mol. The van der Waals surface area contributed by atoms with Gasteiger partial charge in [-0.3, -0.25) is 14.8 Å². The molecule has 6 nitrogen and oxygen atoms in total. The molecule has 3 rings (SSSR count). The number of hydrazone groups is 1. The topological polar surface area (TPSA) is 76.5 Å². The number of aryl methyl sites for hydroxylation is 1. The van der Waals surface area contributed by atoms with Crippen LogP contribution in [0, 0.1) is 0 Å². The van der Waals surface area contributed by atoms with Crippen molar-refractivity contribution in [2.24, 2.45) is 5.10 Å². The maximum atomic E-state index is 11.9. The molecule has 1 amide bonds. The van der Waals surface area contributed by atoms with Gasteiger partial charge < -0.3 is 4.74 Å². The first-order valence-corrected chi connectivity index (χ1v) is 9.14. The molecule has 0 aliphatic carbocycles. The van der Waals surface area contributed by atoms with E-state index in [-0.39, 0.29) is 5.91 Å². The Bertz CT molecular complexity index is 908. The molecule has 0 spiro atoms. The molecule has 0 aliphatic heterocycles. The van der Waals surface area contributed by atoms with Crippen molar-refractivity contribution in [3.05, 3.63) is 89.5 Å². The summed E-state index contributed by atoms with van der Waals surface area (Å²) in [5, 5.41) is 3.96. The van der Waals surface area contributed by atoms with E-state index >= 15 is 0 Å². The van der Waals surface area contributed by atoms with Gasteiger partial charge in [0.1, 0.15) is 5.75 Å². The zero-order valence-corrected chi connectivity index (χ0v) is 15.7. The van der Waals surface area contributed by atoms with Gasteiger partial charge in [0.2, 0.25) is 0 Å². The van der Waals surface area contributed by atoms with E-state index in [4.69, 9.17) is 4.74 Å². The highest BCUT2D eigenvalue weighted by Crippen LogP contribution is 2.12. The number of nitrogens with one attached hydrogen (secondary N) is 1. The number of amides is 1. The summed E-state index contributed by atoms with van der Waals surface area (Å²) in [5.74, 6) is 0.478. The Balaban J connectivity index is 1.44. The van der Waals surface area contributed by atoms with Gasteiger partial charge in [0.25, 0.3) is 5.91 Å². The number of carbonyl (C=O) groups excluding carboxylic acids is 1. The first-order chi connectivity index (χ1) is 13.7. The third-order valence-corrected chi connectivity index (χ3v) is 4.10. The Morgan fingerprint density at radius 1 is 1.14 bits per heavy atom. The van der Waals surface area contributed by atoms with E-state index in [1.54, 1.807) is 24.5 Å². The number of hydrogen-bond donors (Lipinski definition) is 1. The van der Waals surface area contributed by atoms with Crippen LogP contribution in [0.5, 0.6) is 5.75 Å². The molecule has 2 heterocycles. The van der Waals surface area contributed by atoms with Crippen LogP contribution in [0.25, 0.3) is 0 Å². The minimum absolute atomic E-state index is 0.301. The van der Waals surface area contributed by atoms with E-state index < -0.39 is 0 Å². The molecule has 2 aromatic heterocycles. The summed E-state index contributed by atoms with van der Waals surface area (Å²) >= 11 is 0. The molecule has 0 atom stereocenters. The van der Waals surface area contributed by atoms with Crippen molar-refractivity contribution in [3.8, 4) is 5.75 Å². The van der Waals surface area contributed by atoms with Crippen LogP contribution in [0.4, 0.5) is 0 Å². The van der Waals surface area contributed by atoms with Crippen molar-refractivity contribution in [2.45, 2.75) is 19.8 Å². The number of carbonyl (C=O) groups is 1. The number of aromatic nitrogens is 2. The van der Waals surface area contributed by atoms with Gasteiger partial charge in [0, 0.05) is 30.7 Å². The van der Waals surface area contributed by atoms with Crippen LogP contribution in [0.3, 0.4) is 0 Å². The van der Waals surface area contributed by atoms with Gasteiger partial charge in [-0.25, -0.2) is 5.43 Å². The van der Waals surface area contributed by atoms with Crippen molar-refractivity contribution in [1.82, 2.24) is 15.4 Å². The Hall–Kier alpha value is -3.54. The minimum Gasteiger partial charge on any atom is -0.493 e. The highest BCUT2D eigenvalue weighted by atomic mass is 16.5. The Labute approximate surface area is 164 Å². The molecule has 6 heteroatoms. The van der Waals surface area contributed by atoms with Crippen LogP contribution in [-0.2, 0) is 12.8 Å². The highest BCUT2D eigenvalue weighted by Gasteiger charge is 2.02. The molecule has 0 unspecified atom stereocenters. The molecule has 0 saturated heterocycles.